The lowest BCUT2D eigenvalue weighted by Gasteiger charge is -2.12. The molecular weight excluding hydrogens is 340 g/mol. The van der Waals surface area contributed by atoms with Gasteiger partial charge in [0.25, 0.3) is 0 Å². The van der Waals surface area contributed by atoms with Crippen molar-refractivity contribution in [1.29, 1.82) is 0 Å². The van der Waals surface area contributed by atoms with E-state index in [0.717, 1.165) is 37.7 Å². The average molecular weight is 368 g/mol. The Balaban J connectivity index is 1.50. The van der Waals surface area contributed by atoms with Gasteiger partial charge >= 0.3 is 0 Å². The Morgan fingerprint density at radius 3 is 2.70 bits per heavy atom. The highest BCUT2D eigenvalue weighted by Gasteiger charge is 2.28. The fourth-order valence-electron chi connectivity index (χ4n) is 2.76. The van der Waals surface area contributed by atoms with Crippen LogP contribution >= 0.6 is 0 Å². The molecule has 1 amide bonds. The number of aromatic nitrogens is 2. The Hall–Kier alpha value is -2.83. The molecule has 7 heteroatoms. The van der Waals surface area contributed by atoms with Crippen molar-refractivity contribution in [3.05, 3.63) is 54.1 Å². The number of aliphatic imine (C=N–C) groups is 1. The Labute approximate surface area is 160 Å². The van der Waals surface area contributed by atoms with Crippen LogP contribution < -0.4 is 16.0 Å². The molecule has 0 saturated heterocycles. The molecule has 0 atom stereocenters. The quantitative estimate of drug-likeness (QED) is 0.356. The molecule has 2 aromatic rings. The van der Waals surface area contributed by atoms with Crippen molar-refractivity contribution in [3.8, 4) is 0 Å². The van der Waals surface area contributed by atoms with E-state index in [1.165, 1.54) is 5.56 Å². The summed E-state index contributed by atoms with van der Waals surface area (Å²) in [6, 6.07) is 10.3. The minimum absolute atomic E-state index is 0.168. The van der Waals surface area contributed by atoms with Gasteiger partial charge in [-0.1, -0.05) is 30.3 Å². The molecule has 27 heavy (non-hydrogen) atoms. The molecule has 1 fully saturated rings. The van der Waals surface area contributed by atoms with E-state index in [9.17, 15) is 4.79 Å². The second-order valence-electron chi connectivity index (χ2n) is 6.64. The van der Waals surface area contributed by atoms with Gasteiger partial charge in [0.15, 0.2) is 5.96 Å². The molecule has 0 spiro atoms. The Morgan fingerprint density at radius 2 is 1.96 bits per heavy atom. The normalized spacial score (nSPS) is 14.0. The van der Waals surface area contributed by atoms with E-state index in [-0.39, 0.29) is 11.8 Å². The number of imidazole rings is 1. The summed E-state index contributed by atoms with van der Waals surface area (Å²) in [4.78, 5) is 20.7. The van der Waals surface area contributed by atoms with Crippen molar-refractivity contribution < 1.29 is 4.79 Å². The fourth-order valence-corrected chi connectivity index (χ4v) is 2.76. The van der Waals surface area contributed by atoms with Crippen LogP contribution in [0.1, 0.15) is 31.2 Å². The van der Waals surface area contributed by atoms with E-state index in [1.54, 1.807) is 0 Å². The summed E-state index contributed by atoms with van der Waals surface area (Å²) in [5.41, 5.74) is 1.23. The standard InChI is InChI=1S/C20H28N6O/c1-2-21-20(24-11-10-23-19(27)17-8-9-17)25-14-18-22-12-13-26(18)15-16-6-4-3-5-7-16/h3-7,12-13,17H,2,8-11,14-15H2,1H3,(H,23,27)(H2,21,24,25). The zero-order chi connectivity index (χ0) is 18.9. The second-order valence-corrected chi connectivity index (χ2v) is 6.64. The number of nitrogens with zero attached hydrogens (tertiary/aromatic N) is 3. The number of amides is 1. The molecule has 7 nitrogen and oxygen atoms in total. The van der Waals surface area contributed by atoms with Gasteiger partial charge in [-0.15, -0.1) is 0 Å². The van der Waals surface area contributed by atoms with E-state index >= 15 is 0 Å². The number of guanidine groups is 1. The van der Waals surface area contributed by atoms with E-state index in [0.29, 0.717) is 19.6 Å². The molecule has 0 unspecified atom stereocenters. The van der Waals surface area contributed by atoms with Gasteiger partial charge in [-0.05, 0) is 25.3 Å². The SMILES string of the molecule is CCNC(=NCc1nccn1Cc1ccccc1)NCCNC(=O)C1CC1. The topological polar surface area (TPSA) is 83.3 Å². The second kappa shape index (κ2) is 9.75. The molecule has 1 aromatic carbocycles. The van der Waals surface area contributed by atoms with Gasteiger partial charge in [0.05, 0.1) is 0 Å². The monoisotopic (exact) mass is 368 g/mol. The molecule has 3 rings (SSSR count). The molecule has 144 valence electrons. The van der Waals surface area contributed by atoms with Crippen molar-refractivity contribution in [1.82, 2.24) is 25.5 Å². The maximum absolute atomic E-state index is 11.6. The molecule has 3 N–H and O–H groups in total. The van der Waals surface area contributed by atoms with Crippen LogP contribution in [0.15, 0.2) is 47.7 Å². The third kappa shape index (κ3) is 6.13. The van der Waals surface area contributed by atoms with Crippen LogP contribution in [-0.4, -0.2) is 41.1 Å². The molecule has 1 aromatic heterocycles. The highest BCUT2D eigenvalue weighted by Crippen LogP contribution is 2.28. The molecule has 1 saturated carbocycles. The summed E-state index contributed by atoms with van der Waals surface area (Å²) in [6.45, 7) is 5.32. The van der Waals surface area contributed by atoms with Crippen molar-refractivity contribution >= 4 is 11.9 Å². The maximum atomic E-state index is 11.6. The number of carbonyl (C=O) groups is 1. The third-order valence-electron chi connectivity index (χ3n) is 4.39. The van der Waals surface area contributed by atoms with E-state index in [1.807, 2.05) is 37.5 Å². The largest absolute Gasteiger partial charge is 0.357 e. The first-order chi connectivity index (χ1) is 13.3. The van der Waals surface area contributed by atoms with Crippen molar-refractivity contribution in [3.63, 3.8) is 0 Å². The zero-order valence-electron chi connectivity index (χ0n) is 15.8. The molecule has 1 aliphatic rings. The van der Waals surface area contributed by atoms with Crippen LogP contribution in [0.5, 0.6) is 0 Å². The first-order valence-electron chi connectivity index (χ1n) is 9.60. The minimum atomic E-state index is 0.168. The van der Waals surface area contributed by atoms with Gasteiger partial charge in [-0.2, -0.15) is 0 Å². The van der Waals surface area contributed by atoms with Crippen LogP contribution in [0.3, 0.4) is 0 Å². The predicted molar refractivity (Wildman–Crippen MR) is 106 cm³/mol. The Kier molecular flexibility index (Phi) is 6.84. The van der Waals surface area contributed by atoms with Crippen LogP contribution in [-0.2, 0) is 17.9 Å². The summed E-state index contributed by atoms with van der Waals surface area (Å²) >= 11 is 0. The number of carbonyl (C=O) groups excluding carboxylic acids is 1. The number of benzene rings is 1. The smallest absolute Gasteiger partial charge is 0.223 e. The van der Waals surface area contributed by atoms with Gasteiger partial charge in [0.2, 0.25) is 5.91 Å². The highest BCUT2D eigenvalue weighted by atomic mass is 16.2. The first-order valence-corrected chi connectivity index (χ1v) is 9.60. The number of hydrogen-bond acceptors (Lipinski definition) is 3. The van der Waals surface area contributed by atoms with Crippen molar-refractivity contribution in [2.24, 2.45) is 10.9 Å². The maximum Gasteiger partial charge on any atom is 0.223 e. The van der Waals surface area contributed by atoms with E-state index < -0.39 is 0 Å². The zero-order valence-corrected chi connectivity index (χ0v) is 15.8. The number of rotatable bonds is 9. The molecule has 0 aliphatic heterocycles. The van der Waals surface area contributed by atoms with Gasteiger partial charge in [-0.25, -0.2) is 9.98 Å². The first kappa shape index (κ1) is 18.9. The Bertz CT molecular complexity index is 751. The summed E-state index contributed by atoms with van der Waals surface area (Å²) in [5.74, 6) is 2.06. The van der Waals surface area contributed by atoms with Gasteiger partial charge in [-0.3, -0.25) is 4.79 Å². The lowest BCUT2D eigenvalue weighted by atomic mass is 10.2. The van der Waals surface area contributed by atoms with E-state index in [4.69, 9.17) is 0 Å². The molecule has 0 radical (unpaired) electrons. The van der Waals surface area contributed by atoms with Crippen molar-refractivity contribution in [2.75, 3.05) is 19.6 Å². The minimum Gasteiger partial charge on any atom is -0.357 e. The molecule has 1 heterocycles. The van der Waals surface area contributed by atoms with Gasteiger partial charge < -0.3 is 20.5 Å². The van der Waals surface area contributed by atoms with Gasteiger partial charge in [0, 0.05) is 44.5 Å². The number of hydrogen-bond donors (Lipinski definition) is 3. The highest BCUT2D eigenvalue weighted by molar-refractivity contribution is 5.81. The summed E-state index contributed by atoms with van der Waals surface area (Å²) < 4.78 is 2.11. The summed E-state index contributed by atoms with van der Waals surface area (Å²) in [7, 11) is 0. The average Bonchev–Trinajstić information content (AvgIpc) is 3.45. The van der Waals surface area contributed by atoms with Gasteiger partial charge in [0.1, 0.15) is 12.4 Å². The van der Waals surface area contributed by atoms with Crippen LogP contribution in [0.2, 0.25) is 0 Å². The Morgan fingerprint density at radius 1 is 1.19 bits per heavy atom. The van der Waals surface area contributed by atoms with E-state index in [2.05, 4.69) is 42.6 Å². The number of nitrogens with one attached hydrogen (secondary N) is 3. The molecular formula is C20H28N6O. The fraction of sp³-hybridized carbons (Fsp3) is 0.450. The predicted octanol–water partition coefficient (Wildman–Crippen LogP) is 1.51. The van der Waals surface area contributed by atoms with Crippen molar-refractivity contribution in [2.45, 2.75) is 32.9 Å². The van der Waals surface area contributed by atoms with Crippen LogP contribution in [0.25, 0.3) is 0 Å². The molecule has 1 aliphatic carbocycles. The summed E-state index contributed by atoms with van der Waals surface area (Å²) in [6.07, 6.45) is 5.84. The van der Waals surface area contributed by atoms with Crippen LogP contribution in [0, 0.1) is 5.92 Å². The van der Waals surface area contributed by atoms with Crippen LogP contribution in [0.4, 0.5) is 0 Å². The molecule has 0 bridgehead atoms. The third-order valence-corrected chi connectivity index (χ3v) is 4.39. The lowest BCUT2D eigenvalue weighted by molar-refractivity contribution is -0.122. The summed E-state index contributed by atoms with van der Waals surface area (Å²) in [5, 5.41) is 9.43. The lowest BCUT2D eigenvalue weighted by Crippen LogP contribution is -2.41.